The average molecular weight is 377 g/mol. The van der Waals surface area contributed by atoms with Crippen LogP contribution in [-0.4, -0.2) is 55.6 Å². The molecule has 1 heterocycles. The summed E-state index contributed by atoms with van der Waals surface area (Å²) in [5.74, 6) is 0.580. The molecule has 0 bridgehead atoms. The molecule has 7 nitrogen and oxygen atoms in total. The predicted molar refractivity (Wildman–Crippen MR) is 104 cm³/mol. The molecule has 1 unspecified atom stereocenters. The van der Waals surface area contributed by atoms with Gasteiger partial charge in [-0.3, -0.25) is 9.59 Å². The lowest BCUT2D eigenvalue weighted by molar-refractivity contribution is -0.123. The zero-order chi connectivity index (χ0) is 20.2. The van der Waals surface area contributed by atoms with Crippen molar-refractivity contribution in [2.24, 2.45) is 11.1 Å². The Morgan fingerprint density at radius 2 is 2.04 bits per heavy atom. The zero-order valence-corrected chi connectivity index (χ0v) is 16.9. The van der Waals surface area contributed by atoms with E-state index in [2.05, 4.69) is 19.2 Å². The fourth-order valence-electron chi connectivity index (χ4n) is 3.16. The molecule has 7 heteroatoms. The van der Waals surface area contributed by atoms with Gasteiger partial charge in [-0.2, -0.15) is 0 Å². The Bertz CT molecular complexity index is 688. The number of nitrogens with two attached hydrogens (primary N) is 1. The standard InChI is InChI=1S/C20H31N3O4/c1-13(2)22-18(24)11-27-15-7-6-14(10-16(15)26-5)19(25)23-9-8-17(21)20(3,4)12-23/h6-7,10,13,17H,8-9,11-12,21H2,1-5H3,(H,22,24). The summed E-state index contributed by atoms with van der Waals surface area (Å²) >= 11 is 0. The zero-order valence-electron chi connectivity index (χ0n) is 16.9. The van der Waals surface area contributed by atoms with Crippen LogP contribution in [0.15, 0.2) is 18.2 Å². The van der Waals surface area contributed by atoms with Crippen LogP contribution in [0.3, 0.4) is 0 Å². The molecule has 2 rings (SSSR count). The number of nitrogens with zero attached hydrogens (tertiary/aromatic N) is 1. The van der Waals surface area contributed by atoms with Crippen molar-refractivity contribution in [3.63, 3.8) is 0 Å². The van der Waals surface area contributed by atoms with Gasteiger partial charge in [0.05, 0.1) is 7.11 Å². The van der Waals surface area contributed by atoms with E-state index in [4.69, 9.17) is 15.2 Å². The van der Waals surface area contributed by atoms with E-state index in [9.17, 15) is 9.59 Å². The van der Waals surface area contributed by atoms with Crippen LogP contribution in [0.25, 0.3) is 0 Å². The molecule has 0 spiro atoms. The fraction of sp³-hybridized carbons (Fsp3) is 0.600. The third-order valence-electron chi connectivity index (χ3n) is 4.82. The first kappa shape index (κ1) is 21.0. The smallest absolute Gasteiger partial charge is 0.258 e. The van der Waals surface area contributed by atoms with Gasteiger partial charge < -0.3 is 25.4 Å². The number of benzene rings is 1. The molecule has 1 atom stereocenters. The maximum Gasteiger partial charge on any atom is 0.258 e. The molecule has 0 radical (unpaired) electrons. The van der Waals surface area contributed by atoms with Crippen LogP contribution in [0.1, 0.15) is 44.5 Å². The number of rotatable bonds is 6. The van der Waals surface area contributed by atoms with Crippen LogP contribution in [0.2, 0.25) is 0 Å². The minimum atomic E-state index is -0.209. The van der Waals surface area contributed by atoms with Crippen LogP contribution in [0.4, 0.5) is 0 Å². The molecule has 27 heavy (non-hydrogen) atoms. The van der Waals surface area contributed by atoms with E-state index in [1.54, 1.807) is 18.2 Å². The monoisotopic (exact) mass is 377 g/mol. The van der Waals surface area contributed by atoms with Crippen molar-refractivity contribution in [2.75, 3.05) is 26.8 Å². The summed E-state index contributed by atoms with van der Waals surface area (Å²) in [4.78, 5) is 26.5. The number of carbonyl (C=O) groups is 2. The molecule has 1 aliphatic rings. The van der Waals surface area contributed by atoms with Gasteiger partial charge in [-0.25, -0.2) is 0 Å². The molecule has 0 aromatic heterocycles. The molecule has 150 valence electrons. The third-order valence-corrected chi connectivity index (χ3v) is 4.82. The first-order chi connectivity index (χ1) is 12.6. The Labute approximate surface area is 161 Å². The normalized spacial score (nSPS) is 18.9. The lowest BCUT2D eigenvalue weighted by Crippen LogP contribution is -2.54. The van der Waals surface area contributed by atoms with E-state index < -0.39 is 0 Å². The average Bonchev–Trinajstić information content (AvgIpc) is 2.60. The van der Waals surface area contributed by atoms with Crippen molar-refractivity contribution in [2.45, 2.75) is 46.2 Å². The van der Waals surface area contributed by atoms with Gasteiger partial charge in [-0.05, 0) is 43.9 Å². The van der Waals surface area contributed by atoms with Gasteiger partial charge in [0, 0.05) is 30.7 Å². The van der Waals surface area contributed by atoms with E-state index in [0.717, 1.165) is 6.42 Å². The maximum absolute atomic E-state index is 12.9. The molecule has 2 amide bonds. The number of likely N-dealkylation sites (tertiary alicyclic amines) is 1. The quantitative estimate of drug-likeness (QED) is 0.788. The second-order valence-corrected chi connectivity index (χ2v) is 7.99. The molecular weight excluding hydrogens is 346 g/mol. The van der Waals surface area contributed by atoms with Crippen LogP contribution < -0.4 is 20.5 Å². The Hall–Kier alpha value is -2.28. The minimum Gasteiger partial charge on any atom is -0.493 e. The van der Waals surface area contributed by atoms with Gasteiger partial charge in [0.25, 0.3) is 11.8 Å². The van der Waals surface area contributed by atoms with Gasteiger partial charge in [0.2, 0.25) is 0 Å². The van der Waals surface area contributed by atoms with Gasteiger partial charge in [-0.1, -0.05) is 13.8 Å². The van der Waals surface area contributed by atoms with Crippen molar-refractivity contribution < 1.29 is 19.1 Å². The Morgan fingerprint density at radius 1 is 1.33 bits per heavy atom. The minimum absolute atomic E-state index is 0.0462. The summed E-state index contributed by atoms with van der Waals surface area (Å²) in [7, 11) is 1.51. The highest BCUT2D eigenvalue weighted by molar-refractivity contribution is 5.95. The van der Waals surface area contributed by atoms with Crippen molar-refractivity contribution in [1.29, 1.82) is 0 Å². The number of ether oxygens (including phenoxy) is 2. The maximum atomic E-state index is 12.9. The molecule has 1 aliphatic heterocycles. The number of methoxy groups -OCH3 is 1. The summed E-state index contributed by atoms with van der Waals surface area (Å²) in [6.07, 6.45) is 0.780. The highest BCUT2D eigenvalue weighted by atomic mass is 16.5. The molecule has 1 aromatic carbocycles. The first-order valence-corrected chi connectivity index (χ1v) is 9.29. The molecular formula is C20H31N3O4. The summed E-state index contributed by atoms with van der Waals surface area (Å²) in [6, 6.07) is 5.14. The largest absolute Gasteiger partial charge is 0.493 e. The predicted octanol–water partition coefficient (Wildman–Crippen LogP) is 1.80. The van der Waals surface area contributed by atoms with Crippen LogP contribution in [0, 0.1) is 5.41 Å². The number of carbonyl (C=O) groups excluding carboxylic acids is 2. The van der Waals surface area contributed by atoms with Gasteiger partial charge in [0.15, 0.2) is 18.1 Å². The van der Waals surface area contributed by atoms with E-state index >= 15 is 0 Å². The topological polar surface area (TPSA) is 93.9 Å². The number of hydrogen-bond donors (Lipinski definition) is 2. The summed E-state index contributed by atoms with van der Waals surface area (Å²) in [5, 5.41) is 2.76. The van der Waals surface area contributed by atoms with Crippen molar-refractivity contribution >= 4 is 11.8 Å². The molecule has 1 saturated heterocycles. The van der Waals surface area contributed by atoms with Crippen LogP contribution in [0.5, 0.6) is 11.5 Å². The van der Waals surface area contributed by atoms with Crippen molar-refractivity contribution in [1.82, 2.24) is 10.2 Å². The molecule has 3 N–H and O–H groups in total. The van der Waals surface area contributed by atoms with E-state index in [0.29, 0.717) is 30.2 Å². The third kappa shape index (κ3) is 5.35. The Morgan fingerprint density at radius 3 is 2.63 bits per heavy atom. The van der Waals surface area contributed by atoms with Crippen molar-refractivity contribution in [3.05, 3.63) is 23.8 Å². The summed E-state index contributed by atoms with van der Waals surface area (Å²) in [6.45, 7) is 9.07. The molecule has 1 aromatic rings. The number of hydrogen-bond acceptors (Lipinski definition) is 5. The SMILES string of the molecule is COc1cc(C(=O)N2CCC(N)C(C)(C)C2)ccc1OCC(=O)NC(C)C. The van der Waals surface area contributed by atoms with Crippen molar-refractivity contribution in [3.8, 4) is 11.5 Å². The number of piperidine rings is 1. The molecule has 1 fully saturated rings. The molecule has 0 saturated carbocycles. The van der Waals surface area contributed by atoms with Gasteiger partial charge >= 0.3 is 0 Å². The lowest BCUT2D eigenvalue weighted by atomic mass is 9.79. The van der Waals surface area contributed by atoms with E-state index in [-0.39, 0.29) is 35.9 Å². The summed E-state index contributed by atoms with van der Waals surface area (Å²) < 4.78 is 10.9. The Balaban J connectivity index is 2.08. The second kappa shape index (κ2) is 8.61. The van der Waals surface area contributed by atoms with Crippen LogP contribution >= 0.6 is 0 Å². The van der Waals surface area contributed by atoms with Gasteiger partial charge in [0.1, 0.15) is 0 Å². The van der Waals surface area contributed by atoms with E-state index in [1.807, 2.05) is 18.7 Å². The second-order valence-electron chi connectivity index (χ2n) is 7.99. The van der Waals surface area contributed by atoms with E-state index in [1.165, 1.54) is 7.11 Å². The number of amides is 2. The Kier molecular flexibility index (Phi) is 6.70. The fourth-order valence-corrected chi connectivity index (χ4v) is 3.16. The van der Waals surface area contributed by atoms with Crippen LogP contribution in [-0.2, 0) is 4.79 Å². The first-order valence-electron chi connectivity index (χ1n) is 9.29. The molecule has 0 aliphatic carbocycles. The summed E-state index contributed by atoms with van der Waals surface area (Å²) in [5.41, 5.74) is 6.56. The number of nitrogens with one attached hydrogen (secondary N) is 1. The highest BCUT2D eigenvalue weighted by Crippen LogP contribution is 2.31. The lowest BCUT2D eigenvalue weighted by Gasteiger charge is -2.42. The highest BCUT2D eigenvalue weighted by Gasteiger charge is 2.35. The van der Waals surface area contributed by atoms with Gasteiger partial charge in [-0.15, -0.1) is 0 Å².